The average molecular weight is 377 g/mol. The van der Waals surface area contributed by atoms with Gasteiger partial charge < -0.3 is 9.80 Å². The van der Waals surface area contributed by atoms with Gasteiger partial charge in [-0.05, 0) is 18.2 Å². The summed E-state index contributed by atoms with van der Waals surface area (Å²) in [6, 6.07) is 9.76. The van der Waals surface area contributed by atoms with Crippen molar-refractivity contribution in [3.8, 4) is 0 Å². The van der Waals surface area contributed by atoms with Gasteiger partial charge in [0.2, 0.25) is 5.91 Å². The predicted octanol–water partition coefficient (Wildman–Crippen LogP) is 1.76. The van der Waals surface area contributed by atoms with E-state index >= 15 is 0 Å². The standard InChI is InChI=1S/C17H17ClN4O4/c18-13-2-1-3-14(10-13)19-6-8-20(9-7-19)17(24)12-21-11-15(22(25)26)4-5-16(21)23/h1-5,10-11H,6-9,12H2. The number of rotatable bonds is 4. The minimum atomic E-state index is -0.593. The number of piperazine rings is 1. The molecule has 1 aliphatic heterocycles. The lowest BCUT2D eigenvalue weighted by molar-refractivity contribution is -0.385. The Hall–Kier alpha value is -2.87. The first-order chi connectivity index (χ1) is 12.4. The van der Waals surface area contributed by atoms with Crippen LogP contribution in [0.25, 0.3) is 0 Å². The number of amides is 1. The van der Waals surface area contributed by atoms with Gasteiger partial charge in [-0.15, -0.1) is 0 Å². The molecule has 0 bridgehead atoms. The lowest BCUT2D eigenvalue weighted by Crippen LogP contribution is -2.50. The summed E-state index contributed by atoms with van der Waals surface area (Å²) in [7, 11) is 0. The van der Waals surface area contributed by atoms with Crippen LogP contribution in [0.5, 0.6) is 0 Å². The molecule has 9 heteroatoms. The molecular formula is C17H17ClN4O4. The van der Waals surface area contributed by atoms with Crippen molar-refractivity contribution in [1.82, 2.24) is 9.47 Å². The molecule has 136 valence electrons. The van der Waals surface area contributed by atoms with Crippen LogP contribution in [-0.2, 0) is 11.3 Å². The Bertz CT molecular complexity index is 890. The monoisotopic (exact) mass is 376 g/mol. The molecule has 1 saturated heterocycles. The van der Waals surface area contributed by atoms with Crippen LogP contribution >= 0.6 is 11.6 Å². The first kappa shape index (κ1) is 17.9. The van der Waals surface area contributed by atoms with Crippen LogP contribution in [0.3, 0.4) is 0 Å². The number of hydrogen-bond donors (Lipinski definition) is 0. The summed E-state index contributed by atoms with van der Waals surface area (Å²) in [6.45, 7) is 2.10. The molecule has 0 unspecified atom stereocenters. The molecule has 1 amide bonds. The lowest BCUT2D eigenvalue weighted by atomic mass is 10.2. The van der Waals surface area contributed by atoms with E-state index in [4.69, 9.17) is 11.6 Å². The molecule has 2 aromatic rings. The van der Waals surface area contributed by atoms with Crippen LogP contribution in [0.15, 0.2) is 47.4 Å². The summed E-state index contributed by atoms with van der Waals surface area (Å²) in [4.78, 5) is 38.3. The Balaban J connectivity index is 1.63. The molecule has 3 rings (SSSR count). The minimum Gasteiger partial charge on any atom is -0.368 e. The van der Waals surface area contributed by atoms with Crippen LogP contribution in [0.4, 0.5) is 11.4 Å². The van der Waals surface area contributed by atoms with Crippen molar-refractivity contribution < 1.29 is 9.72 Å². The van der Waals surface area contributed by atoms with Gasteiger partial charge in [-0.1, -0.05) is 17.7 Å². The Kier molecular flexibility index (Phi) is 5.22. The second-order valence-electron chi connectivity index (χ2n) is 5.96. The number of pyridine rings is 1. The van der Waals surface area contributed by atoms with E-state index in [9.17, 15) is 19.7 Å². The molecule has 1 fully saturated rings. The van der Waals surface area contributed by atoms with E-state index < -0.39 is 10.5 Å². The molecule has 1 aromatic heterocycles. The van der Waals surface area contributed by atoms with E-state index in [-0.39, 0.29) is 18.1 Å². The van der Waals surface area contributed by atoms with Gasteiger partial charge in [0.25, 0.3) is 11.2 Å². The van der Waals surface area contributed by atoms with Gasteiger partial charge in [-0.3, -0.25) is 24.3 Å². The Labute approximate surface area is 154 Å². The van der Waals surface area contributed by atoms with Crippen LogP contribution in [0.1, 0.15) is 0 Å². The van der Waals surface area contributed by atoms with Crippen molar-refractivity contribution in [2.75, 3.05) is 31.1 Å². The molecule has 1 aliphatic rings. The van der Waals surface area contributed by atoms with Crippen molar-refractivity contribution in [3.05, 3.63) is 68.1 Å². The van der Waals surface area contributed by atoms with Crippen molar-refractivity contribution in [1.29, 1.82) is 0 Å². The zero-order valence-electron chi connectivity index (χ0n) is 13.9. The average Bonchev–Trinajstić information content (AvgIpc) is 2.63. The first-order valence-corrected chi connectivity index (χ1v) is 8.45. The SMILES string of the molecule is O=C(Cn1cc([N+](=O)[O-])ccc1=O)N1CCN(c2cccc(Cl)c2)CC1. The highest BCUT2D eigenvalue weighted by Gasteiger charge is 2.22. The number of benzene rings is 1. The van der Waals surface area contributed by atoms with Crippen molar-refractivity contribution in [2.24, 2.45) is 0 Å². The molecule has 2 heterocycles. The van der Waals surface area contributed by atoms with E-state index in [0.717, 1.165) is 28.6 Å². The summed E-state index contributed by atoms with van der Waals surface area (Å²) < 4.78 is 1.07. The number of anilines is 1. The summed E-state index contributed by atoms with van der Waals surface area (Å²) in [5, 5.41) is 11.5. The normalized spacial score (nSPS) is 14.3. The van der Waals surface area contributed by atoms with E-state index in [1.54, 1.807) is 4.90 Å². The number of nitrogens with zero attached hydrogens (tertiary/aromatic N) is 4. The molecular weight excluding hydrogens is 360 g/mol. The quantitative estimate of drug-likeness (QED) is 0.599. The Morgan fingerprint density at radius 1 is 1.15 bits per heavy atom. The summed E-state index contributed by atoms with van der Waals surface area (Å²) in [6.07, 6.45) is 1.10. The Morgan fingerprint density at radius 2 is 1.88 bits per heavy atom. The van der Waals surface area contributed by atoms with Crippen LogP contribution in [0, 0.1) is 10.1 Å². The fourth-order valence-corrected chi connectivity index (χ4v) is 3.07. The first-order valence-electron chi connectivity index (χ1n) is 8.07. The second-order valence-corrected chi connectivity index (χ2v) is 6.39. The van der Waals surface area contributed by atoms with E-state index in [1.165, 1.54) is 0 Å². The van der Waals surface area contributed by atoms with Gasteiger partial charge in [-0.2, -0.15) is 0 Å². The highest BCUT2D eigenvalue weighted by molar-refractivity contribution is 6.30. The van der Waals surface area contributed by atoms with Crippen molar-refractivity contribution >= 4 is 28.9 Å². The maximum absolute atomic E-state index is 12.5. The zero-order chi connectivity index (χ0) is 18.7. The molecule has 0 N–H and O–H groups in total. The molecule has 26 heavy (non-hydrogen) atoms. The summed E-state index contributed by atoms with van der Waals surface area (Å²) >= 11 is 6.01. The summed E-state index contributed by atoms with van der Waals surface area (Å²) in [5.74, 6) is -0.238. The van der Waals surface area contributed by atoms with E-state index in [2.05, 4.69) is 4.90 Å². The maximum Gasteiger partial charge on any atom is 0.285 e. The van der Waals surface area contributed by atoms with Crippen molar-refractivity contribution in [2.45, 2.75) is 6.54 Å². The smallest absolute Gasteiger partial charge is 0.285 e. The van der Waals surface area contributed by atoms with E-state index in [0.29, 0.717) is 31.2 Å². The molecule has 0 radical (unpaired) electrons. The number of carbonyl (C=O) groups is 1. The van der Waals surface area contributed by atoms with Gasteiger partial charge in [0.1, 0.15) is 6.54 Å². The molecule has 1 aromatic carbocycles. The summed E-state index contributed by atoms with van der Waals surface area (Å²) in [5.41, 5.74) is 0.337. The number of aromatic nitrogens is 1. The van der Waals surface area contributed by atoms with E-state index in [1.807, 2.05) is 24.3 Å². The highest BCUT2D eigenvalue weighted by Crippen LogP contribution is 2.20. The van der Waals surface area contributed by atoms with Gasteiger partial charge >= 0.3 is 0 Å². The fourth-order valence-electron chi connectivity index (χ4n) is 2.88. The highest BCUT2D eigenvalue weighted by atomic mass is 35.5. The van der Waals surface area contributed by atoms with Gasteiger partial charge in [0.15, 0.2) is 0 Å². The van der Waals surface area contributed by atoms with Crippen LogP contribution in [-0.4, -0.2) is 46.5 Å². The third-order valence-electron chi connectivity index (χ3n) is 4.29. The minimum absolute atomic E-state index is 0.211. The predicted molar refractivity (Wildman–Crippen MR) is 97.6 cm³/mol. The molecule has 0 saturated carbocycles. The maximum atomic E-state index is 12.5. The number of halogens is 1. The zero-order valence-corrected chi connectivity index (χ0v) is 14.6. The van der Waals surface area contributed by atoms with Gasteiger partial charge in [0, 0.05) is 49.0 Å². The lowest BCUT2D eigenvalue weighted by Gasteiger charge is -2.36. The Morgan fingerprint density at radius 3 is 2.54 bits per heavy atom. The molecule has 0 aliphatic carbocycles. The third kappa shape index (κ3) is 4.02. The third-order valence-corrected chi connectivity index (χ3v) is 4.53. The van der Waals surface area contributed by atoms with Crippen LogP contribution < -0.4 is 10.5 Å². The van der Waals surface area contributed by atoms with Crippen LogP contribution in [0.2, 0.25) is 5.02 Å². The molecule has 8 nitrogen and oxygen atoms in total. The van der Waals surface area contributed by atoms with Crippen molar-refractivity contribution in [3.63, 3.8) is 0 Å². The van der Waals surface area contributed by atoms with Gasteiger partial charge in [0.05, 0.1) is 11.1 Å². The topological polar surface area (TPSA) is 88.7 Å². The fraction of sp³-hybridized carbons (Fsp3) is 0.294. The molecule has 0 spiro atoms. The number of carbonyl (C=O) groups excluding carboxylic acids is 1. The second kappa shape index (κ2) is 7.57. The molecule has 0 atom stereocenters. The number of nitro groups is 1. The van der Waals surface area contributed by atoms with Gasteiger partial charge in [-0.25, -0.2) is 0 Å². The number of hydrogen-bond acceptors (Lipinski definition) is 5. The largest absolute Gasteiger partial charge is 0.368 e.